The number of rotatable bonds is 5. The van der Waals surface area contributed by atoms with E-state index in [0.717, 1.165) is 32.5 Å². The molecule has 2 aromatic rings. The van der Waals surface area contributed by atoms with Crippen LogP contribution in [0.2, 0.25) is 0 Å². The molecule has 6 nitrogen and oxygen atoms in total. The molecule has 140 valence electrons. The van der Waals surface area contributed by atoms with E-state index < -0.39 is 0 Å². The van der Waals surface area contributed by atoms with Gasteiger partial charge in [-0.25, -0.2) is 4.98 Å². The van der Waals surface area contributed by atoms with E-state index in [0.29, 0.717) is 29.8 Å². The molecular weight excluding hydrogens is 328 g/mol. The van der Waals surface area contributed by atoms with Crippen molar-refractivity contribution in [2.45, 2.75) is 45.6 Å². The van der Waals surface area contributed by atoms with Crippen LogP contribution in [0.3, 0.4) is 0 Å². The van der Waals surface area contributed by atoms with Gasteiger partial charge in [-0.3, -0.25) is 14.5 Å². The molecule has 1 aliphatic heterocycles. The molecule has 1 amide bonds. The Kier molecular flexibility index (Phi) is 6.39. The molecule has 0 radical (unpaired) electrons. The molecule has 6 heteroatoms. The van der Waals surface area contributed by atoms with Crippen LogP contribution < -0.4 is 5.56 Å². The first-order valence-corrected chi connectivity index (χ1v) is 9.65. The maximum absolute atomic E-state index is 12.7. The van der Waals surface area contributed by atoms with Crippen LogP contribution in [-0.2, 0) is 11.3 Å². The minimum absolute atomic E-state index is 0.128. The number of carbonyl (C=O) groups is 1. The number of hydrogen-bond acceptors (Lipinski definition) is 4. The summed E-state index contributed by atoms with van der Waals surface area (Å²) in [7, 11) is 0. The van der Waals surface area contributed by atoms with Gasteiger partial charge in [0.15, 0.2) is 0 Å². The van der Waals surface area contributed by atoms with Gasteiger partial charge in [-0.1, -0.05) is 38.3 Å². The van der Waals surface area contributed by atoms with Crippen molar-refractivity contribution < 1.29 is 4.79 Å². The molecule has 1 saturated heterocycles. The van der Waals surface area contributed by atoms with Gasteiger partial charge in [-0.15, -0.1) is 0 Å². The van der Waals surface area contributed by atoms with E-state index in [2.05, 4.69) is 9.97 Å². The normalized spacial score (nSPS) is 15.8. The van der Waals surface area contributed by atoms with Crippen LogP contribution in [0.15, 0.2) is 29.1 Å². The first-order chi connectivity index (χ1) is 12.7. The Morgan fingerprint density at radius 2 is 1.85 bits per heavy atom. The van der Waals surface area contributed by atoms with Crippen LogP contribution in [0.1, 0.15) is 44.9 Å². The van der Waals surface area contributed by atoms with Crippen LogP contribution in [-0.4, -0.2) is 51.9 Å². The summed E-state index contributed by atoms with van der Waals surface area (Å²) in [4.78, 5) is 36.4. The fraction of sp³-hybridized carbons (Fsp3) is 0.550. The summed E-state index contributed by atoms with van der Waals surface area (Å²) in [6.07, 6.45) is 5.89. The average Bonchev–Trinajstić information content (AvgIpc) is 2.60. The third kappa shape index (κ3) is 4.69. The highest BCUT2D eigenvalue weighted by atomic mass is 16.2. The number of fused-ring (bicyclic) bond motifs is 1. The van der Waals surface area contributed by atoms with E-state index in [1.165, 1.54) is 19.3 Å². The van der Waals surface area contributed by atoms with Gasteiger partial charge in [0.1, 0.15) is 5.82 Å². The van der Waals surface area contributed by atoms with Crippen molar-refractivity contribution in [2.75, 3.05) is 26.2 Å². The van der Waals surface area contributed by atoms with Crippen molar-refractivity contribution in [2.24, 2.45) is 0 Å². The lowest BCUT2D eigenvalue weighted by Gasteiger charge is -2.28. The van der Waals surface area contributed by atoms with Gasteiger partial charge in [-0.05, 0) is 31.5 Å². The predicted octanol–water partition coefficient (Wildman–Crippen LogP) is 2.54. The quantitative estimate of drug-likeness (QED) is 0.894. The zero-order valence-corrected chi connectivity index (χ0v) is 15.5. The maximum Gasteiger partial charge on any atom is 0.258 e. The molecule has 1 aromatic heterocycles. The summed E-state index contributed by atoms with van der Waals surface area (Å²) in [6.45, 7) is 5.32. The smallest absolute Gasteiger partial charge is 0.258 e. The fourth-order valence-electron chi connectivity index (χ4n) is 3.49. The van der Waals surface area contributed by atoms with Crippen molar-refractivity contribution in [3.63, 3.8) is 0 Å². The monoisotopic (exact) mass is 356 g/mol. The van der Waals surface area contributed by atoms with Crippen LogP contribution in [0.5, 0.6) is 0 Å². The van der Waals surface area contributed by atoms with Gasteiger partial charge in [0.25, 0.3) is 5.56 Å². The SMILES string of the molecule is CCN(CC(=O)N1CCCCCCC1)Cc1nc2ccccc2c(=O)[nH]1. The lowest BCUT2D eigenvalue weighted by Crippen LogP contribution is -2.41. The van der Waals surface area contributed by atoms with Crippen LogP contribution in [0, 0.1) is 0 Å². The molecule has 1 fully saturated rings. The summed E-state index contributed by atoms with van der Waals surface area (Å²) < 4.78 is 0. The summed E-state index contributed by atoms with van der Waals surface area (Å²) >= 11 is 0. The minimum Gasteiger partial charge on any atom is -0.342 e. The van der Waals surface area contributed by atoms with Crippen molar-refractivity contribution >= 4 is 16.8 Å². The standard InChI is InChI=1S/C20H28N4O2/c1-2-23(15-19(25)24-12-8-4-3-5-9-13-24)14-18-21-17-11-7-6-10-16(17)20(26)22-18/h6-7,10-11H,2-5,8-9,12-15H2,1H3,(H,21,22,26). The number of likely N-dealkylation sites (tertiary alicyclic amines) is 1. The molecule has 2 heterocycles. The highest BCUT2D eigenvalue weighted by molar-refractivity contribution is 5.78. The number of amides is 1. The van der Waals surface area contributed by atoms with E-state index in [1.54, 1.807) is 6.07 Å². The Labute approximate surface area is 154 Å². The fourth-order valence-corrected chi connectivity index (χ4v) is 3.49. The number of aromatic amines is 1. The van der Waals surface area contributed by atoms with Gasteiger partial charge in [0, 0.05) is 13.1 Å². The lowest BCUT2D eigenvalue weighted by molar-refractivity contribution is -0.132. The Balaban J connectivity index is 1.67. The first kappa shape index (κ1) is 18.6. The van der Waals surface area contributed by atoms with Gasteiger partial charge < -0.3 is 9.88 Å². The Bertz CT molecular complexity index is 794. The van der Waals surface area contributed by atoms with E-state index in [4.69, 9.17) is 0 Å². The summed E-state index contributed by atoms with van der Waals surface area (Å²) in [5.41, 5.74) is 0.564. The number of para-hydroxylation sites is 1. The predicted molar refractivity (Wildman–Crippen MR) is 103 cm³/mol. The van der Waals surface area contributed by atoms with Crippen molar-refractivity contribution in [1.29, 1.82) is 0 Å². The second kappa shape index (κ2) is 8.94. The Hall–Kier alpha value is -2.21. The highest BCUT2D eigenvalue weighted by Crippen LogP contribution is 2.12. The van der Waals surface area contributed by atoms with Gasteiger partial charge in [0.2, 0.25) is 5.91 Å². The molecule has 3 rings (SSSR count). The summed E-state index contributed by atoms with van der Waals surface area (Å²) in [5.74, 6) is 0.785. The Morgan fingerprint density at radius 3 is 2.58 bits per heavy atom. The summed E-state index contributed by atoms with van der Waals surface area (Å²) in [5, 5.41) is 0.594. The number of hydrogen-bond donors (Lipinski definition) is 1. The van der Waals surface area contributed by atoms with E-state index in [1.807, 2.05) is 34.9 Å². The lowest BCUT2D eigenvalue weighted by atomic mass is 10.1. The molecule has 0 unspecified atom stereocenters. The number of carbonyl (C=O) groups excluding carboxylic acids is 1. The molecular formula is C20H28N4O2. The van der Waals surface area contributed by atoms with Crippen LogP contribution >= 0.6 is 0 Å². The molecule has 0 spiro atoms. The van der Waals surface area contributed by atoms with Crippen LogP contribution in [0.4, 0.5) is 0 Å². The van der Waals surface area contributed by atoms with E-state index in [-0.39, 0.29) is 11.5 Å². The molecule has 1 aliphatic rings. The van der Waals surface area contributed by atoms with Crippen molar-refractivity contribution in [1.82, 2.24) is 19.8 Å². The van der Waals surface area contributed by atoms with E-state index in [9.17, 15) is 9.59 Å². The van der Waals surface area contributed by atoms with E-state index >= 15 is 0 Å². The van der Waals surface area contributed by atoms with Crippen LogP contribution in [0.25, 0.3) is 10.9 Å². The first-order valence-electron chi connectivity index (χ1n) is 9.65. The zero-order valence-electron chi connectivity index (χ0n) is 15.5. The Morgan fingerprint density at radius 1 is 1.15 bits per heavy atom. The second-order valence-corrected chi connectivity index (χ2v) is 6.98. The minimum atomic E-state index is -0.128. The number of benzene rings is 1. The maximum atomic E-state index is 12.7. The van der Waals surface area contributed by atoms with Gasteiger partial charge in [0.05, 0.1) is 24.0 Å². The number of likely N-dealkylation sites (N-methyl/N-ethyl adjacent to an activating group) is 1. The number of nitrogens with one attached hydrogen (secondary N) is 1. The molecule has 0 bridgehead atoms. The molecule has 1 aromatic carbocycles. The number of nitrogens with zero attached hydrogens (tertiary/aromatic N) is 3. The number of aromatic nitrogens is 2. The molecule has 0 saturated carbocycles. The second-order valence-electron chi connectivity index (χ2n) is 6.98. The molecule has 0 atom stereocenters. The molecule has 1 N–H and O–H groups in total. The largest absolute Gasteiger partial charge is 0.342 e. The third-order valence-corrected chi connectivity index (χ3v) is 5.05. The average molecular weight is 356 g/mol. The topological polar surface area (TPSA) is 69.3 Å². The summed E-state index contributed by atoms with van der Waals surface area (Å²) in [6, 6.07) is 7.32. The third-order valence-electron chi connectivity index (χ3n) is 5.05. The molecule has 26 heavy (non-hydrogen) atoms. The van der Waals surface area contributed by atoms with Gasteiger partial charge >= 0.3 is 0 Å². The zero-order chi connectivity index (χ0) is 18.4. The molecule has 0 aliphatic carbocycles. The van der Waals surface area contributed by atoms with Crippen molar-refractivity contribution in [3.8, 4) is 0 Å². The number of H-pyrrole nitrogens is 1. The highest BCUT2D eigenvalue weighted by Gasteiger charge is 2.18. The van der Waals surface area contributed by atoms with Crippen molar-refractivity contribution in [3.05, 3.63) is 40.4 Å². The van der Waals surface area contributed by atoms with Gasteiger partial charge in [-0.2, -0.15) is 0 Å².